The molecule has 3 aromatic rings. The smallest absolute Gasteiger partial charge is 0.252 e. The van der Waals surface area contributed by atoms with Crippen LogP contribution in [0.5, 0.6) is 11.5 Å². The zero-order valence-corrected chi connectivity index (χ0v) is 16.5. The van der Waals surface area contributed by atoms with Gasteiger partial charge in [-0.25, -0.2) is 4.98 Å². The third-order valence-electron chi connectivity index (χ3n) is 5.00. The van der Waals surface area contributed by atoms with Gasteiger partial charge in [0, 0.05) is 18.0 Å². The summed E-state index contributed by atoms with van der Waals surface area (Å²) in [5.41, 5.74) is 2.35. The number of halogens is 1. The standard InChI is InChI=1S/C22H20ClN3O3/c23-17-9-13(10-19-21(17)29-8-7-28-19)12-24-20-11-16(22(27)25-14-5-6-14)15-3-1-2-4-18(15)26-20/h1-4,9-11,14H,5-8,12H2,(H,24,26)(H,25,27). The third kappa shape index (κ3) is 3.80. The van der Waals surface area contributed by atoms with Crippen molar-refractivity contribution in [3.63, 3.8) is 0 Å². The van der Waals surface area contributed by atoms with Crippen molar-refractivity contribution < 1.29 is 14.3 Å². The van der Waals surface area contributed by atoms with E-state index >= 15 is 0 Å². The number of carbonyl (C=O) groups excluding carboxylic acids is 1. The lowest BCUT2D eigenvalue weighted by Crippen LogP contribution is -2.25. The van der Waals surface area contributed by atoms with Gasteiger partial charge >= 0.3 is 0 Å². The highest BCUT2D eigenvalue weighted by Gasteiger charge is 2.25. The van der Waals surface area contributed by atoms with Crippen LogP contribution in [-0.2, 0) is 6.54 Å². The van der Waals surface area contributed by atoms with Crippen LogP contribution in [0.1, 0.15) is 28.8 Å². The summed E-state index contributed by atoms with van der Waals surface area (Å²) in [6.07, 6.45) is 2.09. The number of anilines is 1. The molecule has 2 aliphatic rings. The molecule has 0 spiro atoms. The number of nitrogens with one attached hydrogen (secondary N) is 2. The molecule has 148 valence electrons. The van der Waals surface area contributed by atoms with Gasteiger partial charge in [-0.05, 0) is 42.7 Å². The number of hydrogen-bond acceptors (Lipinski definition) is 5. The van der Waals surface area contributed by atoms with Crippen LogP contribution in [0.15, 0.2) is 42.5 Å². The number of nitrogens with zero attached hydrogens (tertiary/aromatic N) is 1. The zero-order valence-electron chi connectivity index (χ0n) is 15.7. The Morgan fingerprint density at radius 3 is 2.83 bits per heavy atom. The van der Waals surface area contributed by atoms with E-state index < -0.39 is 0 Å². The number of fused-ring (bicyclic) bond motifs is 2. The summed E-state index contributed by atoms with van der Waals surface area (Å²) in [5.74, 6) is 1.81. The van der Waals surface area contributed by atoms with Crippen molar-refractivity contribution in [3.05, 3.63) is 58.6 Å². The molecule has 1 fully saturated rings. The molecule has 2 N–H and O–H groups in total. The molecule has 0 bridgehead atoms. The first kappa shape index (κ1) is 18.1. The van der Waals surface area contributed by atoms with Crippen LogP contribution in [0.2, 0.25) is 5.02 Å². The molecular formula is C22H20ClN3O3. The quantitative estimate of drug-likeness (QED) is 0.661. The molecule has 6 nitrogen and oxygen atoms in total. The average molecular weight is 410 g/mol. The lowest BCUT2D eigenvalue weighted by Gasteiger charge is -2.20. The Bertz CT molecular complexity index is 1100. The highest BCUT2D eigenvalue weighted by Crippen LogP contribution is 2.38. The minimum atomic E-state index is -0.0588. The number of hydrogen-bond donors (Lipinski definition) is 2. The predicted molar refractivity (Wildman–Crippen MR) is 112 cm³/mol. The molecule has 5 rings (SSSR count). The van der Waals surface area contributed by atoms with E-state index in [0.29, 0.717) is 53.7 Å². The maximum absolute atomic E-state index is 12.7. The molecule has 2 aromatic carbocycles. The fourth-order valence-corrected chi connectivity index (χ4v) is 3.69. The van der Waals surface area contributed by atoms with Gasteiger partial charge in [0.05, 0.1) is 16.1 Å². The van der Waals surface area contributed by atoms with Gasteiger partial charge in [-0.3, -0.25) is 4.79 Å². The van der Waals surface area contributed by atoms with E-state index in [1.54, 1.807) is 6.07 Å². The number of ether oxygens (including phenoxy) is 2. The molecule has 1 aliphatic carbocycles. The van der Waals surface area contributed by atoms with Crippen LogP contribution in [0.25, 0.3) is 10.9 Å². The van der Waals surface area contributed by atoms with Crippen molar-refractivity contribution in [2.75, 3.05) is 18.5 Å². The first-order valence-corrected chi connectivity index (χ1v) is 10.1. The van der Waals surface area contributed by atoms with Gasteiger partial charge in [0.1, 0.15) is 19.0 Å². The van der Waals surface area contributed by atoms with Crippen LogP contribution in [0.3, 0.4) is 0 Å². The van der Waals surface area contributed by atoms with E-state index in [1.165, 1.54) is 0 Å². The number of para-hydroxylation sites is 1. The highest BCUT2D eigenvalue weighted by atomic mass is 35.5. The SMILES string of the molecule is O=C(NC1CC1)c1cc(NCc2cc(Cl)c3c(c2)OCCO3)nc2ccccc12. The molecule has 1 amide bonds. The Balaban J connectivity index is 1.42. The largest absolute Gasteiger partial charge is 0.486 e. The van der Waals surface area contributed by atoms with Crippen LogP contribution in [0.4, 0.5) is 5.82 Å². The summed E-state index contributed by atoms with van der Waals surface area (Å²) in [4.78, 5) is 17.4. The minimum Gasteiger partial charge on any atom is -0.486 e. The van der Waals surface area contributed by atoms with E-state index in [1.807, 2.05) is 36.4 Å². The molecule has 7 heteroatoms. The monoisotopic (exact) mass is 409 g/mol. The maximum Gasteiger partial charge on any atom is 0.252 e. The Morgan fingerprint density at radius 2 is 1.97 bits per heavy atom. The fourth-order valence-electron chi connectivity index (χ4n) is 3.40. The summed E-state index contributed by atoms with van der Waals surface area (Å²) >= 11 is 6.33. The molecule has 1 saturated carbocycles. The highest BCUT2D eigenvalue weighted by molar-refractivity contribution is 6.32. The topological polar surface area (TPSA) is 72.5 Å². The predicted octanol–water partition coefficient (Wildman–Crippen LogP) is 4.16. The summed E-state index contributed by atoms with van der Waals surface area (Å²) in [6, 6.07) is 13.5. The van der Waals surface area contributed by atoms with Crippen molar-refractivity contribution >= 4 is 34.2 Å². The van der Waals surface area contributed by atoms with Gasteiger partial charge in [-0.15, -0.1) is 0 Å². The van der Waals surface area contributed by atoms with Gasteiger partial charge in [0.25, 0.3) is 5.91 Å². The van der Waals surface area contributed by atoms with Crippen molar-refractivity contribution in [1.82, 2.24) is 10.3 Å². The normalized spacial score (nSPS) is 15.2. The first-order chi connectivity index (χ1) is 14.2. The molecular weight excluding hydrogens is 390 g/mol. The van der Waals surface area contributed by atoms with E-state index in [-0.39, 0.29) is 5.91 Å². The van der Waals surface area contributed by atoms with Crippen LogP contribution in [0, 0.1) is 0 Å². The lowest BCUT2D eigenvalue weighted by molar-refractivity contribution is 0.0952. The van der Waals surface area contributed by atoms with Crippen LogP contribution in [-0.4, -0.2) is 30.1 Å². The van der Waals surface area contributed by atoms with Gasteiger partial charge < -0.3 is 20.1 Å². The van der Waals surface area contributed by atoms with Gasteiger partial charge in [0.2, 0.25) is 0 Å². The zero-order chi connectivity index (χ0) is 19.8. The van der Waals surface area contributed by atoms with Crippen molar-refractivity contribution in [1.29, 1.82) is 0 Å². The number of pyridine rings is 1. The molecule has 0 saturated heterocycles. The second kappa shape index (κ2) is 7.44. The van der Waals surface area contributed by atoms with E-state index in [9.17, 15) is 4.79 Å². The first-order valence-electron chi connectivity index (χ1n) is 9.70. The van der Waals surface area contributed by atoms with Gasteiger partial charge in [-0.2, -0.15) is 0 Å². The van der Waals surface area contributed by atoms with Crippen LogP contribution >= 0.6 is 11.6 Å². The third-order valence-corrected chi connectivity index (χ3v) is 5.28. The second-order valence-corrected chi connectivity index (χ2v) is 7.68. The van der Waals surface area contributed by atoms with Crippen molar-refractivity contribution in [2.45, 2.75) is 25.4 Å². The Labute approximate surface area is 173 Å². The number of rotatable bonds is 5. The van der Waals surface area contributed by atoms with E-state index in [0.717, 1.165) is 29.3 Å². The number of aromatic nitrogens is 1. The lowest BCUT2D eigenvalue weighted by atomic mass is 10.1. The average Bonchev–Trinajstić information content (AvgIpc) is 3.55. The van der Waals surface area contributed by atoms with E-state index in [4.69, 9.17) is 21.1 Å². The van der Waals surface area contributed by atoms with Crippen molar-refractivity contribution in [2.24, 2.45) is 0 Å². The summed E-state index contributed by atoms with van der Waals surface area (Å²) in [7, 11) is 0. The number of amides is 1. The molecule has 1 aliphatic heterocycles. The van der Waals surface area contributed by atoms with E-state index in [2.05, 4.69) is 15.6 Å². The van der Waals surface area contributed by atoms with Gasteiger partial charge in [0.15, 0.2) is 11.5 Å². The minimum absolute atomic E-state index is 0.0588. The summed E-state index contributed by atoms with van der Waals surface area (Å²) in [5, 5.41) is 7.74. The second-order valence-electron chi connectivity index (χ2n) is 7.28. The number of carbonyl (C=O) groups is 1. The Kier molecular flexibility index (Phi) is 4.64. The van der Waals surface area contributed by atoms with Crippen LogP contribution < -0.4 is 20.1 Å². The molecule has 0 atom stereocenters. The van der Waals surface area contributed by atoms with Crippen molar-refractivity contribution in [3.8, 4) is 11.5 Å². The summed E-state index contributed by atoms with van der Waals surface area (Å²) < 4.78 is 11.2. The molecule has 0 unspecified atom stereocenters. The molecule has 0 radical (unpaired) electrons. The fraction of sp³-hybridized carbons (Fsp3) is 0.273. The van der Waals surface area contributed by atoms with Gasteiger partial charge in [-0.1, -0.05) is 29.8 Å². The Morgan fingerprint density at radius 1 is 1.14 bits per heavy atom. The molecule has 2 heterocycles. The molecule has 29 heavy (non-hydrogen) atoms. The maximum atomic E-state index is 12.7. The summed E-state index contributed by atoms with van der Waals surface area (Å²) in [6.45, 7) is 1.49. The molecule has 1 aromatic heterocycles. The number of benzene rings is 2. The Hall–Kier alpha value is -2.99.